The summed E-state index contributed by atoms with van der Waals surface area (Å²) in [5.41, 5.74) is 5.80. The third-order valence-electron chi connectivity index (χ3n) is 10.9. The summed E-state index contributed by atoms with van der Waals surface area (Å²) in [6.07, 6.45) is 19.5. The summed E-state index contributed by atoms with van der Waals surface area (Å²) in [5.74, 6) is 0. The van der Waals surface area contributed by atoms with E-state index in [1.807, 2.05) is 11.3 Å². The van der Waals surface area contributed by atoms with Crippen molar-refractivity contribution in [2.45, 2.75) is 149 Å². The number of hydrogen-bond donors (Lipinski definition) is 0. The average Bonchev–Trinajstić information content (AvgIpc) is 3.92. The minimum absolute atomic E-state index is 0.000204. The van der Waals surface area contributed by atoms with E-state index >= 15 is 0 Å². The van der Waals surface area contributed by atoms with Gasteiger partial charge in [0, 0.05) is 40.1 Å². The van der Waals surface area contributed by atoms with Crippen LogP contribution in [0.3, 0.4) is 0 Å². The van der Waals surface area contributed by atoms with Gasteiger partial charge in [-0.3, -0.25) is 0 Å². The second-order valence-electron chi connectivity index (χ2n) is 15.2. The van der Waals surface area contributed by atoms with Crippen molar-refractivity contribution in [2.75, 3.05) is 0 Å². The number of aryl methyl sites for hydroxylation is 2. The molecule has 0 bridgehead atoms. The molecule has 0 spiro atoms. The smallest absolute Gasteiger partial charge is 0.0362 e. The van der Waals surface area contributed by atoms with Gasteiger partial charge in [-0.05, 0) is 85.5 Å². The van der Waals surface area contributed by atoms with Crippen LogP contribution in [0.25, 0.3) is 20.9 Å². The Morgan fingerprint density at radius 2 is 0.900 bits per heavy atom. The highest BCUT2D eigenvalue weighted by Gasteiger charge is 2.36. The Kier molecular flexibility index (Phi) is 14.6. The molecule has 1 unspecified atom stereocenters. The first-order valence-corrected chi connectivity index (χ1v) is 22.2. The highest BCUT2D eigenvalue weighted by molar-refractivity contribution is 7.17. The summed E-state index contributed by atoms with van der Waals surface area (Å²) < 4.78 is 0. The van der Waals surface area contributed by atoms with Crippen LogP contribution >= 0.6 is 34.0 Å². The topological polar surface area (TPSA) is 0 Å². The van der Waals surface area contributed by atoms with Crippen molar-refractivity contribution in [3.05, 3.63) is 116 Å². The standard InChI is InChI=1S/C47H62S3/c1-7-10-12-14-16-20-30-38-34-40(36-26-22-18-23-27-36)48-44(38)46(4,5)42-32-33-43(50-42)47(6,9-3)45-39(31-21-17-15-13-11-8-2)35-41(49-45)37-28-24-19-25-29-37/h18-19,22-29,32-35H,7-17,20-21,30-31H2,1-6H3. The Hall–Kier alpha value is -2.46. The fourth-order valence-corrected chi connectivity index (χ4v) is 11.7. The largest absolute Gasteiger partial charge is 0.143 e. The Balaban J connectivity index is 1.45. The van der Waals surface area contributed by atoms with Gasteiger partial charge in [-0.15, -0.1) is 34.0 Å². The highest BCUT2D eigenvalue weighted by Crippen LogP contribution is 2.50. The first-order chi connectivity index (χ1) is 24.3. The summed E-state index contributed by atoms with van der Waals surface area (Å²) >= 11 is 6.16. The van der Waals surface area contributed by atoms with Crippen LogP contribution in [-0.4, -0.2) is 0 Å². The first kappa shape index (κ1) is 38.8. The van der Waals surface area contributed by atoms with Crippen molar-refractivity contribution < 1.29 is 0 Å². The van der Waals surface area contributed by atoms with Crippen molar-refractivity contribution in [1.29, 1.82) is 0 Å². The third kappa shape index (κ3) is 9.50. The summed E-state index contributed by atoms with van der Waals surface area (Å²) in [4.78, 5) is 9.00. The molecule has 0 fully saturated rings. The molecule has 0 aliphatic rings. The van der Waals surface area contributed by atoms with Gasteiger partial charge < -0.3 is 0 Å². The molecule has 0 saturated heterocycles. The van der Waals surface area contributed by atoms with Crippen LogP contribution in [0.2, 0.25) is 0 Å². The van der Waals surface area contributed by atoms with Gasteiger partial charge in [0.1, 0.15) is 0 Å². The quantitative estimate of drug-likeness (QED) is 0.0662. The van der Waals surface area contributed by atoms with Crippen LogP contribution in [0, 0.1) is 0 Å². The number of benzene rings is 2. The fourth-order valence-electron chi connectivity index (χ4n) is 7.43. The molecule has 0 N–H and O–H groups in total. The summed E-state index contributed by atoms with van der Waals surface area (Å²) in [6, 6.07) is 32.1. The van der Waals surface area contributed by atoms with E-state index in [1.165, 1.54) is 121 Å². The molecular formula is C47H62S3. The van der Waals surface area contributed by atoms with Gasteiger partial charge >= 0.3 is 0 Å². The lowest BCUT2D eigenvalue weighted by Gasteiger charge is -2.29. The van der Waals surface area contributed by atoms with Crippen molar-refractivity contribution in [1.82, 2.24) is 0 Å². The maximum absolute atomic E-state index is 2.54. The van der Waals surface area contributed by atoms with Crippen LogP contribution in [-0.2, 0) is 23.7 Å². The maximum atomic E-state index is 2.54. The number of unbranched alkanes of at least 4 members (excludes halogenated alkanes) is 10. The summed E-state index contributed by atoms with van der Waals surface area (Å²) in [5, 5.41) is 0. The van der Waals surface area contributed by atoms with Gasteiger partial charge in [0.05, 0.1) is 0 Å². The van der Waals surface area contributed by atoms with E-state index in [0.717, 1.165) is 6.42 Å². The lowest BCUT2D eigenvalue weighted by Crippen LogP contribution is -2.21. The molecule has 5 rings (SSSR count). The van der Waals surface area contributed by atoms with Crippen molar-refractivity contribution >= 4 is 34.0 Å². The molecular weight excluding hydrogens is 661 g/mol. The van der Waals surface area contributed by atoms with E-state index in [9.17, 15) is 0 Å². The molecule has 3 heteroatoms. The lowest BCUT2D eigenvalue weighted by molar-refractivity contribution is 0.561. The zero-order valence-corrected chi connectivity index (χ0v) is 34.4. The van der Waals surface area contributed by atoms with Gasteiger partial charge in [-0.25, -0.2) is 0 Å². The van der Waals surface area contributed by atoms with E-state index in [-0.39, 0.29) is 10.8 Å². The first-order valence-electron chi connectivity index (χ1n) is 19.8. The maximum Gasteiger partial charge on any atom is 0.0362 e. The minimum atomic E-state index is -0.0429. The number of thiophene rings is 3. The Morgan fingerprint density at radius 1 is 0.460 bits per heavy atom. The molecule has 1 atom stereocenters. The lowest BCUT2D eigenvalue weighted by atomic mass is 9.81. The van der Waals surface area contributed by atoms with Crippen molar-refractivity contribution in [3.8, 4) is 20.9 Å². The van der Waals surface area contributed by atoms with E-state index in [4.69, 9.17) is 0 Å². The molecule has 0 radical (unpaired) electrons. The van der Waals surface area contributed by atoms with Crippen LogP contribution in [0.4, 0.5) is 0 Å². The predicted octanol–water partition coefficient (Wildman–Crippen LogP) is 16.1. The number of hydrogen-bond acceptors (Lipinski definition) is 3. The Morgan fingerprint density at radius 3 is 1.40 bits per heavy atom. The normalized spacial score (nSPS) is 13.2. The zero-order valence-electron chi connectivity index (χ0n) is 31.9. The average molecular weight is 723 g/mol. The molecule has 5 aromatic rings. The van der Waals surface area contributed by atoms with Gasteiger partial charge in [0.25, 0.3) is 0 Å². The van der Waals surface area contributed by atoms with Crippen molar-refractivity contribution in [2.24, 2.45) is 0 Å². The predicted molar refractivity (Wildman–Crippen MR) is 227 cm³/mol. The van der Waals surface area contributed by atoms with Crippen molar-refractivity contribution in [3.63, 3.8) is 0 Å². The third-order valence-corrected chi connectivity index (χ3v) is 15.6. The van der Waals surface area contributed by atoms with Crippen LogP contribution in [0.15, 0.2) is 84.9 Å². The van der Waals surface area contributed by atoms with Crippen LogP contribution in [0.1, 0.15) is 156 Å². The molecule has 0 saturated carbocycles. The van der Waals surface area contributed by atoms with E-state index in [0.29, 0.717) is 0 Å². The molecule has 0 aliphatic heterocycles. The van der Waals surface area contributed by atoms with Gasteiger partial charge in [-0.1, -0.05) is 159 Å². The second-order valence-corrected chi connectivity index (χ2v) is 18.4. The molecule has 2 aromatic carbocycles. The monoisotopic (exact) mass is 722 g/mol. The highest BCUT2D eigenvalue weighted by atomic mass is 32.1. The molecule has 0 nitrogen and oxygen atoms in total. The van der Waals surface area contributed by atoms with Crippen LogP contribution in [0.5, 0.6) is 0 Å². The zero-order chi connectivity index (χ0) is 35.4. The molecule has 3 heterocycles. The molecule has 268 valence electrons. The number of rotatable bonds is 21. The van der Waals surface area contributed by atoms with E-state index < -0.39 is 0 Å². The summed E-state index contributed by atoms with van der Waals surface area (Å²) in [6.45, 7) is 14.5. The Labute approximate surface area is 317 Å². The molecule has 3 aromatic heterocycles. The second kappa shape index (κ2) is 18.9. The SMILES string of the molecule is CCCCCCCCc1cc(-c2ccccc2)sc1C(C)(C)c1ccc(C(C)(CC)c2sc(-c3ccccc3)cc2CCCCCCCC)s1. The van der Waals surface area contributed by atoms with Crippen LogP contribution < -0.4 is 0 Å². The molecule has 0 amide bonds. The molecule has 50 heavy (non-hydrogen) atoms. The Bertz CT molecular complexity index is 1700. The van der Waals surface area contributed by atoms with Gasteiger partial charge in [0.2, 0.25) is 0 Å². The fraction of sp³-hybridized carbons (Fsp3) is 0.489. The molecule has 0 aliphatic carbocycles. The van der Waals surface area contributed by atoms with E-state index in [1.54, 1.807) is 20.9 Å². The van der Waals surface area contributed by atoms with E-state index in [2.05, 4.69) is 149 Å². The van der Waals surface area contributed by atoms with Gasteiger partial charge in [-0.2, -0.15) is 0 Å². The minimum Gasteiger partial charge on any atom is -0.143 e. The summed E-state index contributed by atoms with van der Waals surface area (Å²) in [7, 11) is 0. The van der Waals surface area contributed by atoms with Gasteiger partial charge in [0.15, 0.2) is 0 Å².